The SMILES string of the molecule is CCC(Oc1ccc(N)cc1C(N)=O)C(=O)O. The predicted molar refractivity (Wildman–Crippen MR) is 61.7 cm³/mol. The van der Waals surface area contributed by atoms with Crippen LogP contribution < -0.4 is 16.2 Å². The molecule has 1 rings (SSSR count). The van der Waals surface area contributed by atoms with Gasteiger partial charge in [0.1, 0.15) is 5.75 Å². The number of carboxylic acid groups (broad SMARTS) is 1. The van der Waals surface area contributed by atoms with Gasteiger partial charge >= 0.3 is 5.97 Å². The highest BCUT2D eigenvalue weighted by molar-refractivity contribution is 5.96. The standard InChI is InChI=1S/C11H14N2O4/c1-2-8(11(15)16)17-9-4-3-6(12)5-7(9)10(13)14/h3-5,8H,2,12H2,1H3,(H2,13,14)(H,15,16). The molecule has 0 heterocycles. The maximum Gasteiger partial charge on any atom is 0.344 e. The summed E-state index contributed by atoms with van der Waals surface area (Å²) in [5.74, 6) is -1.69. The largest absolute Gasteiger partial charge is 0.479 e. The van der Waals surface area contributed by atoms with E-state index >= 15 is 0 Å². The fraction of sp³-hybridized carbons (Fsp3) is 0.273. The molecule has 0 radical (unpaired) electrons. The second kappa shape index (κ2) is 5.20. The molecule has 1 amide bonds. The highest BCUT2D eigenvalue weighted by atomic mass is 16.5. The molecule has 0 aliphatic carbocycles. The Morgan fingerprint density at radius 3 is 2.59 bits per heavy atom. The van der Waals surface area contributed by atoms with Gasteiger partial charge in [-0.15, -0.1) is 0 Å². The van der Waals surface area contributed by atoms with Crippen LogP contribution in [0.4, 0.5) is 5.69 Å². The highest BCUT2D eigenvalue weighted by Crippen LogP contribution is 2.22. The van der Waals surface area contributed by atoms with E-state index in [0.717, 1.165) is 0 Å². The Balaban J connectivity index is 3.05. The molecule has 0 aliphatic heterocycles. The summed E-state index contributed by atoms with van der Waals surface area (Å²) >= 11 is 0. The van der Waals surface area contributed by atoms with E-state index in [2.05, 4.69) is 0 Å². The normalized spacial score (nSPS) is 11.8. The van der Waals surface area contributed by atoms with Crippen LogP contribution in [-0.4, -0.2) is 23.1 Å². The first-order valence-corrected chi connectivity index (χ1v) is 5.04. The zero-order chi connectivity index (χ0) is 13.0. The Kier molecular flexibility index (Phi) is 3.92. The number of carbonyl (C=O) groups excluding carboxylic acids is 1. The van der Waals surface area contributed by atoms with Crippen molar-refractivity contribution < 1.29 is 19.4 Å². The lowest BCUT2D eigenvalue weighted by Gasteiger charge is -2.15. The third-order valence-corrected chi connectivity index (χ3v) is 2.18. The van der Waals surface area contributed by atoms with Crippen molar-refractivity contribution in [3.8, 4) is 5.75 Å². The van der Waals surface area contributed by atoms with Crippen LogP contribution in [0.2, 0.25) is 0 Å². The summed E-state index contributed by atoms with van der Waals surface area (Å²) in [6.45, 7) is 1.67. The van der Waals surface area contributed by atoms with E-state index in [-0.39, 0.29) is 17.7 Å². The lowest BCUT2D eigenvalue weighted by molar-refractivity contribution is -0.145. The Morgan fingerprint density at radius 1 is 1.47 bits per heavy atom. The zero-order valence-electron chi connectivity index (χ0n) is 9.34. The minimum atomic E-state index is -1.10. The number of benzene rings is 1. The maximum atomic E-state index is 11.2. The molecule has 6 nitrogen and oxygen atoms in total. The van der Waals surface area contributed by atoms with Crippen molar-refractivity contribution in [1.29, 1.82) is 0 Å². The van der Waals surface area contributed by atoms with E-state index < -0.39 is 18.0 Å². The molecule has 0 saturated carbocycles. The number of carbonyl (C=O) groups is 2. The van der Waals surface area contributed by atoms with E-state index in [1.807, 2.05) is 0 Å². The molecular formula is C11H14N2O4. The number of hydrogen-bond acceptors (Lipinski definition) is 4. The van der Waals surface area contributed by atoms with Crippen molar-refractivity contribution in [2.45, 2.75) is 19.4 Å². The molecule has 92 valence electrons. The number of carboxylic acids is 1. The number of primary amides is 1. The van der Waals surface area contributed by atoms with Gasteiger partial charge in [0.05, 0.1) is 5.56 Å². The van der Waals surface area contributed by atoms with Gasteiger partial charge in [-0.1, -0.05) is 6.92 Å². The Labute approximate surface area is 98.2 Å². The van der Waals surface area contributed by atoms with Gasteiger partial charge in [0, 0.05) is 5.69 Å². The fourth-order valence-corrected chi connectivity index (χ4v) is 1.30. The minimum Gasteiger partial charge on any atom is -0.479 e. The molecule has 0 bridgehead atoms. The molecule has 0 aliphatic rings. The van der Waals surface area contributed by atoms with Gasteiger partial charge in [-0.3, -0.25) is 4.79 Å². The van der Waals surface area contributed by atoms with E-state index in [4.69, 9.17) is 21.3 Å². The number of ether oxygens (including phenoxy) is 1. The van der Waals surface area contributed by atoms with Crippen LogP contribution in [0.15, 0.2) is 18.2 Å². The number of nitrogen functional groups attached to an aromatic ring is 1. The quantitative estimate of drug-likeness (QED) is 0.650. The van der Waals surface area contributed by atoms with Crippen molar-refractivity contribution in [3.05, 3.63) is 23.8 Å². The average molecular weight is 238 g/mol. The van der Waals surface area contributed by atoms with Gasteiger partial charge in [-0.05, 0) is 24.6 Å². The van der Waals surface area contributed by atoms with E-state index in [0.29, 0.717) is 5.69 Å². The maximum absolute atomic E-state index is 11.2. The third-order valence-electron chi connectivity index (χ3n) is 2.18. The van der Waals surface area contributed by atoms with Crippen molar-refractivity contribution >= 4 is 17.6 Å². The van der Waals surface area contributed by atoms with Gasteiger partial charge in [0.2, 0.25) is 0 Å². The van der Waals surface area contributed by atoms with Gasteiger partial charge in [-0.25, -0.2) is 4.79 Å². The summed E-state index contributed by atoms with van der Waals surface area (Å²) in [6, 6.07) is 4.30. The topological polar surface area (TPSA) is 116 Å². The molecule has 1 unspecified atom stereocenters. The molecule has 0 aromatic heterocycles. The molecule has 1 atom stereocenters. The van der Waals surface area contributed by atoms with Gasteiger partial charge in [-0.2, -0.15) is 0 Å². The molecule has 0 fully saturated rings. The molecule has 1 aromatic rings. The van der Waals surface area contributed by atoms with Crippen LogP contribution in [-0.2, 0) is 4.79 Å². The average Bonchev–Trinajstić information content (AvgIpc) is 2.26. The van der Waals surface area contributed by atoms with Crippen molar-refractivity contribution in [3.63, 3.8) is 0 Å². The second-order valence-corrected chi connectivity index (χ2v) is 3.47. The zero-order valence-corrected chi connectivity index (χ0v) is 9.34. The van der Waals surface area contributed by atoms with Gasteiger partial charge < -0.3 is 21.3 Å². The summed E-state index contributed by atoms with van der Waals surface area (Å²) in [6.07, 6.45) is -0.741. The Hall–Kier alpha value is -2.24. The van der Waals surface area contributed by atoms with Crippen LogP contribution in [0.5, 0.6) is 5.75 Å². The number of amides is 1. The van der Waals surface area contributed by atoms with Crippen molar-refractivity contribution in [2.75, 3.05) is 5.73 Å². The molecule has 0 spiro atoms. The van der Waals surface area contributed by atoms with Crippen molar-refractivity contribution in [1.82, 2.24) is 0 Å². The Morgan fingerprint density at radius 2 is 2.12 bits per heavy atom. The summed E-state index contributed by atoms with van der Waals surface area (Å²) in [5, 5.41) is 8.85. The fourth-order valence-electron chi connectivity index (χ4n) is 1.30. The molecule has 5 N–H and O–H groups in total. The summed E-state index contributed by atoms with van der Waals surface area (Å²) in [4.78, 5) is 22.0. The molecule has 17 heavy (non-hydrogen) atoms. The molecule has 0 saturated heterocycles. The highest BCUT2D eigenvalue weighted by Gasteiger charge is 2.19. The van der Waals surface area contributed by atoms with Crippen LogP contribution >= 0.6 is 0 Å². The first kappa shape index (κ1) is 12.8. The summed E-state index contributed by atoms with van der Waals surface area (Å²) in [5.41, 5.74) is 11.1. The van der Waals surface area contributed by atoms with E-state index in [9.17, 15) is 9.59 Å². The number of anilines is 1. The van der Waals surface area contributed by atoms with Crippen LogP contribution in [0.3, 0.4) is 0 Å². The second-order valence-electron chi connectivity index (χ2n) is 3.47. The third kappa shape index (κ3) is 3.10. The predicted octanol–water partition coefficient (Wildman–Crippen LogP) is 0.610. The monoisotopic (exact) mass is 238 g/mol. The van der Waals surface area contributed by atoms with Crippen molar-refractivity contribution in [2.24, 2.45) is 5.73 Å². The number of aliphatic carboxylic acids is 1. The number of rotatable bonds is 5. The molecule has 1 aromatic carbocycles. The smallest absolute Gasteiger partial charge is 0.344 e. The first-order valence-electron chi connectivity index (χ1n) is 5.04. The van der Waals surface area contributed by atoms with Gasteiger partial charge in [0.25, 0.3) is 5.91 Å². The number of hydrogen-bond donors (Lipinski definition) is 3. The van der Waals surface area contributed by atoms with E-state index in [1.165, 1.54) is 18.2 Å². The number of nitrogens with two attached hydrogens (primary N) is 2. The minimum absolute atomic E-state index is 0.0738. The van der Waals surface area contributed by atoms with Gasteiger partial charge in [0.15, 0.2) is 6.10 Å². The molecule has 6 heteroatoms. The van der Waals surface area contributed by atoms with Crippen LogP contribution in [0, 0.1) is 0 Å². The van der Waals surface area contributed by atoms with E-state index in [1.54, 1.807) is 6.92 Å². The lowest BCUT2D eigenvalue weighted by Crippen LogP contribution is -2.27. The molecular weight excluding hydrogens is 224 g/mol. The summed E-state index contributed by atoms with van der Waals surface area (Å²) < 4.78 is 5.22. The lowest BCUT2D eigenvalue weighted by atomic mass is 10.1. The first-order chi connectivity index (χ1) is 7.95. The van der Waals surface area contributed by atoms with Crippen LogP contribution in [0.1, 0.15) is 23.7 Å². The van der Waals surface area contributed by atoms with Crippen LogP contribution in [0.25, 0.3) is 0 Å². The Bertz CT molecular complexity index is 445. The summed E-state index contributed by atoms with van der Waals surface area (Å²) in [7, 11) is 0.